The molecule has 5 rings (SSSR count). The standard InChI is InChI=1S/C23H25N5O2/c1-14(17-8-3-6-15-7-4-9-18(15)17)22(30-24)21-19(16-12-13-16)10-5-11-20(21)28-23(29)27(2)25-26-28/h3,5-6,8,10-11,16H,4,7,9,12-13,24H2,1-2H3/b22-14+. The van der Waals surface area contributed by atoms with Crippen molar-refractivity contribution in [3.05, 3.63) is 74.7 Å². The first-order chi connectivity index (χ1) is 14.6. The Hall–Kier alpha value is -3.19. The van der Waals surface area contributed by atoms with Gasteiger partial charge in [0.05, 0.1) is 5.69 Å². The lowest BCUT2D eigenvalue weighted by atomic mass is 9.92. The molecule has 1 heterocycles. The van der Waals surface area contributed by atoms with Crippen LogP contribution in [-0.4, -0.2) is 19.8 Å². The van der Waals surface area contributed by atoms with Crippen molar-refractivity contribution >= 4 is 11.3 Å². The predicted molar refractivity (Wildman–Crippen MR) is 115 cm³/mol. The smallest absolute Gasteiger partial charge is 0.368 e. The van der Waals surface area contributed by atoms with Crippen LogP contribution in [0, 0.1) is 0 Å². The van der Waals surface area contributed by atoms with Gasteiger partial charge in [-0.3, -0.25) is 0 Å². The molecule has 3 aromatic rings. The molecular weight excluding hydrogens is 378 g/mol. The van der Waals surface area contributed by atoms with Crippen LogP contribution in [0.25, 0.3) is 17.0 Å². The minimum absolute atomic E-state index is 0.307. The van der Waals surface area contributed by atoms with Crippen LogP contribution in [0.2, 0.25) is 0 Å². The van der Waals surface area contributed by atoms with Gasteiger partial charge in [-0.25, -0.2) is 4.79 Å². The maximum atomic E-state index is 12.6. The van der Waals surface area contributed by atoms with Gasteiger partial charge in [0.15, 0.2) is 5.76 Å². The number of nitrogens with two attached hydrogens (primary N) is 1. The fourth-order valence-electron chi connectivity index (χ4n) is 4.61. The zero-order chi connectivity index (χ0) is 20.8. The number of allylic oxidation sites excluding steroid dienone is 1. The Bertz CT molecular complexity index is 1220. The number of aryl methyl sites for hydroxylation is 2. The van der Waals surface area contributed by atoms with Crippen molar-refractivity contribution in [3.63, 3.8) is 0 Å². The van der Waals surface area contributed by atoms with E-state index >= 15 is 0 Å². The third kappa shape index (κ3) is 2.97. The molecule has 2 N–H and O–H groups in total. The van der Waals surface area contributed by atoms with E-state index in [1.54, 1.807) is 7.05 Å². The maximum Gasteiger partial charge on any atom is 0.368 e. The average molecular weight is 403 g/mol. The summed E-state index contributed by atoms with van der Waals surface area (Å²) in [6, 6.07) is 12.4. The van der Waals surface area contributed by atoms with Gasteiger partial charge in [0.1, 0.15) is 0 Å². The summed E-state index contributed by atoms with van der Waals surface area (Å²) in [4.78, 5) is 18.2. The highest BCUT2D eigenvalue weighted by Crippen LogP contribution is 2.46. The molecule has 2 aromatic carbocycles. The number of hydrogen-bond donors (Lipinski definition) is 1. The normalized spacial score (nSPS) is 16.4. The molecule has 0 radical (unpaired) electrons. The van der Waals surface area contributed by atoms with Gasteiger partial charge in [0.2, 0.25) is 0 Å². The van der Waals surface area contributed by atoms with Gasteiger partial charge < -0.3 is 4.84 Å². The summed E-state index contributed by atoms with van der Waals surface area (Å²) in [6.07, 6.45) is 5.56. The Morgan fingerprint density at radius 1 is 1.13 bits per heavy atom. The number of fused-ring (bicyclic) bond motifs is 1. The minimum atomic E-state index is -0.307. The first kappa shape index (κ1) is 18.8. The summed E-state index contributed by atoms with van der Waals surface area (Å²) in [6.45, 7) is 2.04. The molecule has 2 aliphatic rings. The van der Waals surface area contributed by atoms with Crippen LogP contribution in [0.4, 0.5) is 0 Å². The number of rotatable bonds is 5. The fourth-order valence-corrected chi connectivity index (χ4v) is 4.61. The maximum absolute atomic E-state index is 12.6. The van der Waals surface area contributed by atoms with Crippen molar-refractivity contribution < 1.29 is 4.84 Å². The second-order valence-corrected chi connectivity index (χ2v) is 8.18. The van der Waals surface area contributed by atoms with Crippen LogP contribution >= 0.6 is 0 Å². The minimum Gasteiger partial charge on any atom is -0.410 e. The van der Waals surface area contributed by atoms with Crippen molar-refractivity contribution in [2.24, 2.45) is 12.9 Å². The Kier molecular flexibility index (Phi) is 4.55. The summed E-state index contributed by atoms with van der Waals surface area (Å²) < 4.78 is 2.54. The molecule has 0 atom stereocenters. The monoisotopic (exact) mass is 403 g/mol. The van der Waals surface area contributed by atoms with E-state index in [9.17, 15) is 4.79 Å². The van der Waals surface area contributed by atoms with E-state index < -0.39 is 0 Å². The highest BCUT2D eigenvalue weighted by Gasteiger charge is 2.31. The summed E-state index contributed by atoms with van der Waals surface area (Å²) in [5.41, 5.74) is 7.20. The predicted octanol–water partition coefficient (Wildman–Crippen LogP) is 3.11. The molecule has 7 nitrogen and oxygen atoms in total. The quantitative estimate of drug-likeness (QED) is 0.402. The van der Waals surface area contributed by atoms with Crippen LogP contribution < -0.4 is 11.6 Å². The van der Waals surface area contributed by atoms with E-state index in [0.29, 0.717) is 17.4 Å². The molecule has 0 aliphatic heterocycles. The second kappa shape index (κ2) is 7.25. The highest BCUT2D eigenvalue weighted by atomic mass is 16.6. The van der Waals surface area contributed by atoms with E-state index in [1.165, 1.54) is 20.5 Å². The van der Waals surface area contributed by atoms with Gasteiger partial charge in [-0.2, -0.15) is 15.3 Å². The van der Waals surface area contributed by atoms with E-state index in [1.807, 2.05) is 19.1 Å². The molecule has 0 saturated heterocycles. The molecule has 0 spiro atoms. The highest BCUT2D eigenvalue weighted by molar-refractivity contribution is 5.91. The Morgan fingerprint density at radius 3 is 2.63 bits per heavy atom. The number of nitrogens with zero attached hydrogens (tertiary/aromatic N) is 4. The third-order valence-corrected chi connectivity index (χ3v) is 6.28. The molecule has 30 heavy (non-hydrogen) atoms. The molecule has 154 valence electrons. The lowest BCUT2D eigenvalue weighted by Crippen LogP contribution is -2.23. The van der Waals surface area contributed by atoms with Crippen LogP contribution in [0.5, 0.6) is 0 Å². The third-order valence-electron chi connectivity index (χ3n) is 6.28. The van der Waals surface area contributed by atoms with Crippen LogP contribution in [0.15, 0.2) is 41.2 Å². The fraction of sp³-hybridized carbons (Fsp3) is 0.348. The number of benzene rings is 2. The Morgan fingerprint density at radius 2 is 1.93 bits per heavy atom. The zero-order valence-corrected chi connectivity index (χ0v) is 17.3. The van der Waals surface area contributed by atoms with Crippen LogP contribution in [0.3, 0.4) is 0 Å². The summed E-state index contributed by atoms with van der Waals surface area (Å²) in [5, 5.41) is 7.96. The molecule has 1 aromatic heterocycles. The van der Waals surface area contributed by atoms with Crippen molar-refractivity contribution in [3.8, 4) is 5.69 Å². The molecule has 7 heteroatoms. The molecular formula is C23H25N5O2. The van der Waals surface area contributed by atoms with E-state index in [2.05, 4.69) is 34.7 Å². The number of tetrazole rings is 1. The topological polar surface area (TPSA) is 88.0 Å². The van der Waals surface area contributed by atoms with Gasteiger partial charge in [0, 0.05) is 18.2 Å². The first-order valence-electron chi connectivity index (χ1n) is 10.4. The van der Waals surface area contributed by atoms with Gasteiger partial charge >= 0.3 is 5.69 Å². The zero-order valence-electron chi connectivity index (χ0n) is 17.3. The number of hydrogen-bond acceptors (Lipinski definition) is 5. The van der Waals surface area contributed by atoms with Gasteiger partial charge in [0.25, 0.3) is 0 Å². The van der Waals surface area contributed by atoms with Gasteiger partial charge in [-0.15, -0.1) is 0 Å². The van der Waals surface area contributed by atoms with Crippen molar-refractivity contribution in [1.82, 2.24) is 19.8 Å². The van der Waals surface area contributed by atoms with Crippen molar-refractivity contribution in [2.75, 3.05) is 0 Å². The SMILES string of the molecule is C/C(=C(\ON)c1c(C2CC2)cccc1-n1nnn(C)c1=O)c1cccc2c1CCC2. The average Bonchev–Trinajstić information content (AvgIpc) is 3.40. The number of aromatic nitrogens is 4. The van der Waals surface area contributed by atoms with Crippen molar-refractivity contribution in [1.29, 1.82) is 0 Å². The van der Waals surface area contributed by atoms with E-state index in [0.717, 1.165) is 54.4 Å². The van der Waals surface area contributed by atoms with Gasteiger partial charge in [-0.1, -0.05) is 30.3 Å². The molecule has 2 aliphatic carbocycles. The molecule has 0 bridgehead atoms. The molecule has 0 unspecified atom stereocenters. The Balaban J connectivity index is 1.78. The van der Waals surface area contributed by atoms with E-state index in [-0.39, 0.29) is 5.69 Å². The lowest BCUT2D eigenvalue weighted by molar-refractivity contribution is 0.291. The first-order valence-corrected chi connectivity index (χ1v) is 10.4. The second-order valence-electron chi connectivity index (χ2n) is 8.18. The summed E-state index contributed by atoms with van der Waals surface area (Å²) in [7, 11) is 1.59. The van der Waals surface area contributed by atoms with Crippen LogP contribution in [-0.2, 0) is 24.7 Å². The Labute approximate surface area is 174 Å². The largest absolute Gasteiger partial charge is 0.410 e. The summed E-state index contributed by atoms with van der Waals surface area (Å²) >= 11 is 0. The van der Waals surface area contributed by atoms with E-state index in [4.69, 9.17) is 10.7 Å². The van der Waals surface area contributed by atoms with Crippen LogP contribution in [0.1, 0.15) is 59.9 Å². The summed E-state index contributed by atoms with van der Waals surface area (Å²) in [5.74, 6) is 6.91. The molecule has 1 fully saturated rings. The molecule has 1 saturated carbocycles. The van der Waals surface area contributed by atoms with Crippen molar-refractivity contribution in [2.45, 2.75) is 44.9 Å². The lowest BCUT2D eigenvalue weighted by Gasteiger charge is -2.19. The molecule has 0 amide bonds. The van der Waals surface area contributed by atoms with Gasteiger partial charge in [-0.05, 0) is 83.7 Å².